The number of rotatable bonds is 7. The maximum Gasteiger partial charge on any atom is 0.0991 e. The minimum absolute atomic E-state index is 0.611. The lowest BCUT2D eigenvalue weighted by molar-refractivity contribution is 1.09. The highest BCUT2D eigenvalue weighted by atomic mass is 15.0. The minimum Gasteiger partial charge on any atom is -0.307 e. The lowest BCUT2D eigenvalue weighted by atomic mass is 9.99. The van der Waals surface area contributed by atoms with Crippen LogP contribution in [0, 0.1) is 39.0 Å². The fourth-order valence-corrected chi connectivity index (χ4v) is 10.4. The van der Waals surface area contributed by atoms with E-state index in [1.807, 2.05) is 24.5 Å². The van der Waals surface area contributed by atoms with E-state index in [0.29, 0.717) is 5.56 Å². The quantitative estimate of drug-likeness (QED) is 0.160. The first-order valence-electron chi connectivity index (χ1n) is 23.2. The van der Waals surface area contributed by atoms with Gasteiger partial charge in [0.15, 0.2) is 0 Å². The molecule has 0 aliphatic carbocycles. The van der Waals surface area contributed by atoms with Crippen molar-refractivity contribution < 1.29 is 0 Å². The molecule has 322 valence electrons. The Morgan fingerprint density at radius 1 is 0.338 bits per heavy atom. The molecular weight excluding hydrogens is 825 g/mol. The van der Waals surface area contributed by atoms with E-state index in [9.17, 15) is 5.26 Å². The molecule has 0 N–H and O–H groups in total. The largest absolute Gasteiger partial charge is 0.307 e. The molecular formula is C64H46N4. The number of nitriles is 1. The van der Waals surface area contributed by atoms with Gasteiger partial charge in [-0.05, 0) is 138 Å². The van der Waals surface area contributed by atoms with Crippen molar-refractivity contribution in [1.82, 2.24) is 14.1 Å². The van der Waals surface area contributed by atoms with Gasteiger partial charge in [0, 0.05) is 27.1 Å². The maximum atomic E-state index is 9.99. The third-order valence-electron chi connectivity index (χ3n) is 13.6. The van der Waals surface area contributed by atoms with Crippen LogP contribution in [0.15, 0.2) is 207 Å². The zero-order chi connectivity index (χ0) is 46.0. The zero-order valence-electron chi connectivity index (χ0n) is 38.4. The zero-order valence-corrected chi connectivity index (χ0v) is 38.4. The fraction of sp³-hybridized carbons (Fsp3) is 0.0625. The Bertz CT molecular complexity index is 3590. The highest BCUT2D eigenvalue weighted by molar-refractivity contribution is 6.14. The van der Waals surface area contributed by atoms with Crippen LogP contribution >= 0.6 is 0 Å². The van der Waals surface area contributed by atoms with Gasteiger partial charge in [0.25, 0.3) is 0 Å². The summed E-state index contributed by atoms with van der Waals surface area (Å²) < 4.78 is 4.79. The summed E-state index contributed by atoms with van der Waals surface area (Å²) in [6.07, 6.45) is 4.02. The van der Waals surface area contributed by atoms with Gasteiger partial charge < -0.3 is 9.13 Å². The number of aromatic nitrogens is 3. The monoisotopic (exact) mass is 870 g/mol. The highest BCUT2D eigenvalue weighted by Gasteiger charge is 2.24. The first-order valence-corrected chi connectivity index (χ1v) is 23.2. The average Bonchev–Trinajstić information content (AvgIpc) is 3.87. The molecule has 3 heterocycles. The van der Waals surface area contributed by atoms with Gasteiger partial charge in [0.2, 0.25) is 0 Å². The van der Waals surface area contributed by atoms with Crippen molar-refractivity contribution >= 4 is 43.6 Å². The summed E-state index contributed by atoms with van der Waals surface area (Å²) in [6, 6.07) is 72.8. The van der Waals surface area contributed by atoms with Crippen LogP contribution in [0.3, 0.4) is 0 Å². The molecule has 0 aliphatic rings. The van der Waals surface area contributed by atoms with Crippen molar-refractivity contribution in [3.63, 3.8) is 0 Å². The van der Waals surface area contributed by atoms with Gasteiger partial charge >= 0.3 is 0 Å². The molecule has 0 bridgehead atoms. The molecule has 0 saturated heterocycles. The number of hydrogen-bond donors (Lipinski definition) is 0. The molecule has 0 spiro atoms. The Morgan fingerprint density at radius 3 is 0.926 bits per heavy atom. The van der Waals surface area contributed by atoms with Crippen LogP contribution < -0.4 is 0 Å². The van der Waals surface area contributed by atoms with Crippen LogP contribution in [0.25, 0.3) is 111 Å². The van der Waals surface area contributed by atoms with Crippen LogP contribution in [0.2, 0.25) is 0 Å². The highest BCUT2D eigenvalue weighted by Crippen LogP contribution is 2.44. The lowest BCUT2D eigenvalue weighted by Crippen LogP contribution is -2.05. The molecule has 4 heteroatoms. The Morgan fingerprint density at radius 2 is 0.632 bits per heavy atom. The van der Waals surface area contributed by atoms with Gasteiger partial charge in [-0.25, -0.2) is 0 Å². The van der Waals surface area contributed by atoms with E-state index in [2.05, 4.69) is 225 Å². The first-order chi connectivity index (χ1) is 33.3. The minimum atomic E-state index is 0.611. The van der Waals surface area contributed by atoms with Crippen molar-refractivity contribution in [3.8, 4) is 73.1 Å². The molecule has 0 radical (unpaired) electrons. The second-order valence-electron chi connectivity index (χ2n) is 18.3. The topological polar surface area (TPSA) is 46.5 Å². The number of hydrogen-bond acceptors (Lipinski definition) is 2. The first kappa shape index (κ1) is 40.7. The molecule has 9 aromatic carbocycles. The predicted octanol–water partition coefficient (Wildman–Crippen LogP) is 16.7. The molecule has 0 unspecified atom stereocenters. The molecule has 3 aromatic heterocycles. The van der Waals surface area contributed by atoms with Gasteiger partial charge in [0.05, 0.1) is 57.5 Å². The van der Waals surface area contributed by atoms with Crippen molar-refractivity contribution in [2.75, 3.05) is 0 Å². The van der Waals surface area contributed by atoms with Gasteiger partial charge in [-0.2, -0.15) is 5.26 Å². The Balaban J connectivity index is 1.17. The van der Waals surface area contributed by atoms with E-state index >= 15 is 0 Å². The van der Waals surface area contributed by atoms with E-state index in [0.717, 1.165) is 66.1 Å². The predicted molar refractivity (Wildman–Crippen MR) is 284 cm³/mol. The molecule has 4 nitrogen and oxygen atoms in total. The smallest absolute Gasteiger partial charge is 0.0991 e. The summed E-state index contributed by atoms with van der Waals surface area (Å²) >= 11 is 0. The third kappa shape index (κ3) is 6.96. The molecule has 12 aromatic rings. The standard InChI is InChI=1S/C64H46N4/c1-40-9-5-13-46(29-40)50-21-25-58-54(33-50)55-34-51(47-14-6-10-41(2)30-47)22-26-59(55)67(58)62-38-66-39-63(64(62)45-19-17-44(37-65)18-20-45)68-60-27-23-52(48-15-7-11-42(3)31-48)35-56(60)57-36-53(24-28-61(57)68)49-16-8-12-43(4)32-49/h5-36,38-39H,1-4H3. The van der Waals surface area contributed by atoms with E-state index < -0.39 is 0 Å². The number of fused-ring (bicyclic) bond motifs is 6. The second kappa shape index (κ2) is 16.3. The fourth-order valence-electron chi connectivity index (χ4n) is 10.4. The van der Waals surface area contributed by atoms with Crippen LogP contribution in [0.1, 0.15) is 27.8 Å². The Kier molecular flexibility index (Phi) is 9.74. The summed E-state index contributed by atoms with van der Waals surface area (Å²) in [5.41, 5.74) is 23.2. The van der Waals surface area contributed by atoms with Crippen LogP contribution in [-0.2, 0) is 0 Å². The number of aryl methyl sites for hydroxylation is 4. The van der Waals surface area contributed by atoms with Gasteiger partial charge in [0.1, 0.15) is 0 Å². The van der Waals surface area contributed by atoms with Crippen molar-refractivity contribution in [3.05, 3.63) is 234 Å². The molecule has 0 fully saturated rings. The van der Waals surface area contributed by atoms with E-state index in [4.69, 9.17) is 4.98 Å². The molecule has 68 heavy (non-hydrogen) atoms. The van der Waals surface area contributed by atoms with Crippen LogP contribution in [-0.4, -0.2) is 14.1 Å². The summed E-state index contributed by atoms with van der Waals surface area (Å²) in [5.74, 6) is 0. The maximum absolute atomic E-state index is 9.99. The number of benzene rings is 9. The normalized spacial score (nSPS) is 11.5. The van der Waals surface area contributed by atoms with Crippen LogP contribution in [0.5, 0.6) is 0 Å². The molecule has 0 amide bonds. The van der Waals surface area contributed by atoms with Gasteiger partial charge in [-0.3, -0.25) is 4.98 Å². The molecule has 0 saturated carbocycles. The van der Waals surface area contributed by atoms with Crippen molar-refractivity contribution in [2.45, 2.75) is 27.7 Å². The lowest BCUT2D eigenvalue weighted by Gasteiger charge is -2.20. The summed E-state index contributed by atoms with van der Waals surface area (Å²) in [5, 5.41) is 14.6. The summed E-state index contributed by atoms with van der Waals surface area (Å²) in [6.45, 7) is 8.60. The van der Waals surface area contributed by atoms with Crippen molar-refractivity contribution in [2.24, 2.45) is 0 Å². The number of nitrogens with zero attached hydrogens (tertiary/aromatic N) is 4. The molecule has 0 atom stereocenters. The summed E-state index contributed by atoms with van der Waals surface area (Å²) in [7, 11) is 0. The SMILES string of the molecule is Cc1cccc(-c2ccc3c(c2)c2cc(-c4cccc(C)c4)ccc2n3-c2cncc(-n3c4ccc(-c5cccc(C)c5)cc4c4cc(-c5cccc(C)c5)ccc43)c2-c2ccc(C#N)cc2)c1. The van der Waals surface area contributed by atoms with E-state index in [1.54, 1.807) is 0 Å². The van der Waals surface area contributed by atoms with E-state index in [-0.39, 0.29) is 0 Å². The van der Waals surface area contributed by atoms with Crippen LogP contribution in [0.4, 0.5) is 0 Å². The average molecular weight is 871 g/mol. The Labute approximate surface area is 396 Å². The van der Waals surface area contributed by atoms with E-state index in [1.165, 1.54) is 66.8 Å². The molecule has 0 aliphatic heterocycles. The van der Waals surface area contributed by atoms with Gasteiger partial charge in [-0.15, -0.1) is 0 Å². The number of pyridine rings is 1. The van der Waals surface area contributed by atoms with Crippen molar-refractivity contribution in [1.29, 1.82) is 5.26 Å². The van der Waals surface area contributed by atoms with Gasteiger partial charge in [-0.1, -0.05) is 156 Å². The molecule has 12 rings (SSSR count). The summed E-state index contributed by atoms with van der Waals surface area (Å²) in [4.78, 5) is 5.15. The Hall–Kier alpha value is -8.78. The second-order valence-corrected chi connectivity index (χ2v) is 18.3. The third-order valence-corrected chi connectivity index (χ3v) is 13.6.